The zero-order valence-corrected chi connectivity index (χ0v) is 13.4. The van der Waals surface area contributed by atoms with Gasteiger partial charge in [-0.25, -0.2) is 4.39 Å². The summed E-state index contributed by atoms with van der Waals surface area (Å²) in [6, 6.07) is 1.35. The molecule has 1 fully saturated rings. The second-order valence-corrected chi connectivity index (χ2v) is 6.31. The van der Waals surface area contributed by atoms with E-state index in [1.165, 1.54) is 10.6 Å². The second-order valence-electron chi connectivity index (χ2n) is 5.24. The number of hydrogen-bond acceptors (Lipinski definition) is 6. The molecule has 4 rings (SSSR count). The van der Waals surface area contributed by atoms with E-state index in [0.29, 0.717) is 19.6 Å². The molecule has 0 atom stereocenters. The first kappa shape index (κ1) is 15.4. The lowest BCUT2D eigenvalue weighted by atomic mass is 10.1. The molecule has 2 aromatic heterocycles. The maximum Gasteiger partial charge on any atom is 0.313 e. The maximum absolute atomic E-state index is 14.3. The van der Waals surface area contributed by atoms with E-state index in [9.17, 15) is 13.6 Å². The molecule has 1 aliphatic rings. The highest BCUT2D eigenvalue weighted by Crippen LogP contribution is 2.34. The van der Waals surface area contributed by atoms with Crippen LogP contribution in [0.1, 0.15) is 23.7 Å². The van der Waals surface area contributed by atoms with Gasteiger partial charge >= 0.3 is 4.87 Å². The molecule has 0 spiro atoms. The molecule has 0 unspecified atom stereocenters. The Balaban J connectivity index is 1.94. The van der Waals surface area contributed by atoms with Gasteiger partial charge < -0.3 is 14.0 Å². The molecule has 0 radical (unpaired) electrons. The lowest BCUT2D eigenvalue weighted by Crippen LogP contribution is -2.10. The van der Waals surface area contributed by atoms with Gasteiger partial charge in [-0.1, -0.05) is 23.4 Å². The number of thiazole rings is 1. The van der Waals surface area contributed by atoms with E-state index in [2.05, 4.69) is 5.16 Å². The summed E-state index contributed by atoms with van der Waals surface area (Å²) < 4.78 is 45.2. The minimum absolute atomic E-state index is 0.0825. The molecule has 1 saturated heterocycles. The number of fused-ring (bicyclic) bond motifs is 1. The van der Waals surface area contributed by atoms with E-state index in [1.54, 1.807) is 6.20 Å². The molecule has 0 amide bonds. The quantitative estimate of drug-likeness (QED) is 0.723. The Labute approximate surface area is 138 Å². The highest BCUT2D eigenvalue weighted by molar-refractivity contribution is 7.09. The van der Waals surface area contributed by atoms with Crippen LogP contribution in [0, 0.1) is 11.6 Å². The van der Waals surface area contributed by atoms with Crippen molar-refractivity contribution in [2.45, 2.75) is 19.6 Å². The first-order valence-electron chi connectivity index (χ1n) is 7.32. The summed E-state index contributed by atoms with van der Waals surface area (Å²) in [5.74, 6) is -2.17. The molecule has 3 aromatic rings. The number of ether oxygens (including phenoxy) is 2. The fraction of sp³-hybridized carbons (Fsp3) is 0.333. The largest absolute Gasteiger partial charge is 0.351 e. The molecule has 9 heteroatoms. The van der Waals surface area contributed by atoms with Crippen molar-refractivity contribution in [3.63, 3.8) is 0 Å². The molecular formula is C15H12F2N2O4S. The van der Waals surface area contributed by atoms with Crippen LogP contribution in [0.5, 0.6) is 0 Å². The summed E-state index contributed by atoms with van der Waals surface area (Å²) in [5, 5.41) is 3.94. The third-order valence-corrected chi connectivity index (χ3v) is 4.82. The van der Waals surface area contributed by atoms with E-state index in [0.717, 1.165) is 16.2 Å². The van der Waals surface area contributed by atoms with Crippen LogP contribution < -0.4 is 4.87 Å². The van der Waals surface area contributed by atoms with E-state index in [1.807, 2.05) is 6.92 Å². The van der Waals surface area contributed by atoms with Gasteiger partial charge in [0.15, 0.2) is 17.9 Å². The smallest absolute Gasteiger partial charge is 0.313 e. The van der Waals surface area contributed by atoms with Crippen LogP contribution >= 0.6 is 11.3 Å². The Bertz CT molecular complexity index is 972. The number of hydrogen-bond donors (Lipinski definition) is 0. The number of nitrogens with zero attached hydrogens (tertiary/aromatic N) is 2. The van der Waals surface area contributed by atoms with Crippen molar-refractivity contribution < 1.29 is 22.8 Å². The molecule has 126 valence electrons. The molecule has 0 aliphatic carbocycles. The summed E-state index contributed by atoms with van der Waals surface area (Å²) >= 11 is 1.07. The topological polar surface area (TPSA) is 66.5 Å². The van der Waals surface area contributed by atoms with Crippen LogP contribution in [0.4, 0.5) is 8.78 Å². The minimum Gasteiger partial charge on any atom is -0.351 e. The molecule has 24 heavy (non-hydrogen) atoms. The standard InChI is InChI=1S/C15H12F2N2O4S/c1-2-7-6-19(15(20)24-7)13-9-5-8(14-21-3-4-22-14)10(16)11(17)12(9)23-18-13/h5-6,14H,2-4H2,1H3. The highest BCUT2D eigenvalue weighted by Gasteiger charge is 2.28. The fourth-order valence-electron chi connectivity index (χ4n) is 2.60. The molecule has 6 nitrogen and oxygen atoms in total. The van der Waals surface area contributed by atoms with Gasteiger partial charge in [-0.2, -0.15) is 4.39 Å². The minimum atomic E-state index is -1.18. The summed E-state index contributed by atoms with van der Waals surface area (Å²) in [7, 11) is 0. The van der Waals surface area contributed by atoms with E-state index < -0.39 is 17.9 Å². The zero-order valence-electron chi connectivity index (χ0n) is 12.5. The number of aryl methyl sites for hydroxylation is 1. The number of benzene rings is 1. The Morgan fingerprint density at radius 1 is 1.33 bits per heavy atom. The van der Waals surface area contributed by atoms with Crippen LogP contribution in [0.15, 0.2) is 21.6 Å². The predicted molar refractivity (Wildman–Crippen MR) is 81.4 cm³/mol. The van der Waals surface area contributed by atoms with Gasteiger partial charge in [0.05, 0.1) is 18.6 Å². The highest BCUT2D eigenvalue weighted by atomic mass is 32.1. The number of aromatic nitrogens is 2. The van der Waals surface area contributed by atoms with E-state index >= 15 is 0 Å². The Hall–Kier alpha value is -2.10. The first-order valence-corrected chi connectivity index (χ1v) is 8.14. The van der Waals surface area contributed by atoms with Crippen molar-refractivity contribution in [3.8, 4) is 5.82 Å². The summed E-state index contributed by atoms with van der Waals surface area (Å²) in [4.78, 5) is 12.7. The SMILES string of the molecule is CCc1cn(-c2noc3c(F)c(F)c(C4OCCO4)cc23)c(=O)s1. The Kier molecular flexibility index (Phi) is 3.70. The van der Waals surface area contributed by atoms with Crippen LogP contribution in [-0.4, -0.2) is 22.9 Å². The lowest BCUT2D eigenvalue weighted by molar-refractivity contribution is -0.0467. The average molecular weight is 354 g/mol. The first-order chi connectivity index (χ1) is 11.6. The molecule has 1 aromatic carbocycles. The van der Waals surface area contributed by atoms with Crippen molar-refractivity contribution in [1.29, 1.82) is 0 Å². The van der Waals surface area contributed by atoms with Crippen LogP contribution in [0.2, 0.25) is 0 Å². The molecule has 0 N–H and O–H groups in total. The predicted octanol–water partition coefficient (Wildman–Crippen LogP) is 2.93. The van der Waals surface area contributed by atoms with Crippen molar-refractivity contribution >= 4 is 22.3 Å². The van der Waals surface area contributed by atoms with Gasteiger partial charge in [-0.3, -0.25) is 9.36 Å². The van der Waals surface area contributed by atoms with E-state index in [-0.39, 0.29) is 27.2 Å². The normalized spacial score (nSPS) is 15.6. The maximum atomic E-state index is 14.3. The molecule has 0 bridgehead atoms. The zero-order chi connectivity index (χ0) is 16.8. The Morgan fingerprint density at radius 2 is 2.08 bits per heavy atom. The van der Waals surface area contributed by atoms with Crippen molar-refractivity contribution in [1.82, 2.24) is 9.72 Å². The van der Waals surface area contributed by atoms with E-state index in [4.69, 9.17) is 14.0 Å². The van der Waals surface area contributed by atoms with Crippen LogP contribution in [0.25, 0.3) is 16.8 Å². The van der Waals surface area contributed by atoms with Crippen LogP contribution in [0.3, 0.4) is 0 Å². The van der Waals surface area contributed by atoms with Gasteiger partial charge in [-0.05, 0) is 12.5 Å². The summed E-state index contributed by atoms with van der Waals surface area (Å²) in [6.07, 6.45) is 1.31. The van der Waals surface area contributed by atoms with Gasteiger partial charge in [0.1, 0.15) is 0 Å². The van der Waals surface area contributed by atoms with Crippen molar-refractivity contribution in [3.05, 3.63) is 44.0 Å². The van der Waals surface area contributed by atoms with Gasteiger partial charge in [0, 0.05) is 16.6 Å². The number of rotatable bonds is 3. The van der Waals surface area contributed by atoms with Crippen LogP contribution in [-0.2, 0) is 15.9 Å². The molecular weight excluding hydrogens is 342 g/mol. The second kappa shape index (κ2) is 5.76. The summed E-state index contributed by atoms with van der Waals surface area (Å²) in [6.45, 7) is 2.51. The monoisotopic (exact) mass is 354 g/mol. The lowest BCUT2D eigenvalue weighted by Gasteiger charge is -2.11. The third kappa shape index (κ3) is 2.27. The fourth-order valence-corrected chi connectivity index (χ4v) is 3.37. The number of halogens is 2. The molecule has 3 heterocycles. The van der Waals surface area contributed by atoms with Crippen molar-refractivity contribution in [2.75, 3.05) is 13.2 Å². The summed E-state index contributed by atoms with van der Waals surface area (Å²) in [5.41, 5.74) is -0.429. The van der Waals surface area contributed by atoms with Crippen molar-refractivity contribution in [2.24, 2.45) is 0 Å². The molecule has 1 aliphatic heterocycles. The molecule has 0 saturated carbocycles. The van der Waals surface area contributed by atoms with Gasteiger partial charge in [0.25, 0.3) is 0 Å². The average Bonchev–Trinajstić information content (AvgIpc) is 3.29. The third-order valence-electron chi connectivity index (χ3n) is 3.79. The van der Waals surface area contributed by atoms with Gasteiger partial charge in [0.2, 0.25) is 11.4 Å². The Morgan fingerprint density at radius 3 is 2.75 bits per heavy atom. The van der Waals surface area contributed by atoms with Gasteiger partial charge in [-0.15, -0.1) is 0 Å².